The van der Waals surface area contributed by atoms with Crippen molar-refractivity contribution in [1.29, 1.82) is 0 Å². The first-order valence-corrected chi connectivity index (χ1v) is 8.43. The fourth-order valence-electron chi connectivity index (χ4n) is 2.82. The molecule has 0 amide bonds. The summed E-state index contributed by atoms with van der Waals surface area (Å²) in [5, 5.41) is 19.7. The van der Waals surface area contributed by atoms with Crippen LogP contribution in [-0.4, -0.2) is 20.2 Å². The molecular weight excluding hydrogens is 348 g/mol. The van der Waals surface area contributed by atoms with E-state index < -0.39 is 0 Å². The largest absolute Gasteiger partial charge is 0.508 e. The predicted molar refractivity (Wildman–Crippen MR) is 103 cm³/mol. The Morgan fingerprint density at radius 3 is 1.92 bits per heavy atom. The molecule has 128 valence electrons. The molecule has 5 heteroatoms. The van der Waals surface area contributed by atoms with Crippen LogP contribution in [0.3, 0.4) is 0 Å². The molecule has 1 heterocycles. The van der Waals surface area contributed by atoms with Crippen LogP contribution >= 0.6 is 11.6 Å². The summed E-state index contributed by atoms with van der Waals surface area (Å²) in [7, 11) is 0. The van der Waals surface area contributed by atoms with Gasteiger partial charge in [-0.15, -0.1) is 0 Å². The number of nitrogens with zero attached hydrogens (tertiary/aromatic N) is 1. The molecule has 3 aromatic carbocycles. The van der Waals surface area contributed by atoms with E-state index in [9.17, 15) is 10.2 Å². The molecule has 0 saturated carbocycles. The van der Waals surface area contributed by atoms with Gasteiger partial charge in [0, 0.05) is 16.7 Å². The van der Waals surface area contributed by atoms with Crippen LogP contribution in [0.2, 0.25) is 5.02 Å². The topological polar surface area (TPSA) is 69.1 Å². The molecule has 1 aromatic heterocycles. The maximum absolute atomic E-state index is 9.57. The molecule has 0 spiro atoms. The minimum atomic E-state index is 0.196. The molecule has 0 fully saturated rings. The maximum atomic E-state index is 9.57. The number of halogens is 1. The number of hydrogen-bond donors (Lipinski definition) is 3. The Hall–Kier alpha value is -3.24. The number of H-pyrrole nitrogens is 1. The van der Waals surface area contributed by atoms with E-state index in [2.05, 4.69) is 4.98 Å². The van der Waals surface area contributed by atoms with Gasteiger partial charge in [-0.2, -0.15) is 0 Å². The fourth-order valence-corrected chi connectivity index (χ4v) is 3.04. The van der Waals surface area contributed by atoms with Gasteiger partial charge in [-0.1, -0.05) is 23.7 Å². The van der Waals surface area contributed by atoms with Gasteiger partial charge in [0.05, 0.1) is 16.4 Å². The lowest BCUT2D eigenvalue weighted by molar-refractivity contribution is 0.475. The third kappa shape index (κ3) is 3.03. The standard InChI is InChI=1S/C21H15ClN2O2/c22-18-4-2-1-3-17(18)21-23-19(13-5-9-15(25)10-6-13)20(24-21)14-7-11-16(26)12-8-14/h1-12,25-26H,(H,23,24). The van der Waals surface area contributed by atoms with Crippen molar-refractivity contribution in [2.24, 2.45) is 0 Å². The monoisotopic (exact) mass is 362 g/mol. The van der Waals surface area contributed by atoms with E-state index in [1.54, 1.807) is 24.3 Å². The van der Waals surface area contributed by atoms with E-state index in [0.29, 0.717) is 10.8 Å². The van der Waals surface area contributed by atoms with Crippen LogP contribution in [0.5, 0.6) is 11.5 Å². The van der Waals surface area contributed by atoms with Gasteiger partial charge in [-0.3, -0.25) is 0 Å². The first-order valence-electron chi connectivity index (χ1n) is 8.05. The smallest absolute Gasteiger partial charge is 0.140 e. The minimum absolute atomic E-state index is 0.196. The van der Waals surface area contributed by atoms with Crippen molar-refractivity contribution >= 4 is 11.6 Å². The number of benzene rings is 3. The highest BCUT2D eigenvalue weighted by atomic mass is 35.5. The Morgan fingerprint density at radius 1 is 0.731 bits per heavy atom. The van der Waals surface area contributed by atoms with E-state index in [-0.39, 0.29) is 11.5 Å². The zero-order chi connectivity index (χ0) is 18.1. The van der Waals surface area contributed by atoms with Crippen LogP contribution in [-0.2, 0) is 0 Å². The van der Waals surface area contributed by atoms with Crippen LogP contribution in [0.15, 0.2) is 72.8 Å². The summed E-state index contributed by atoms with van der Waals surface area (Å²) >= 11 is 6.33. The third-order valence-electron chi connectivity index (χ3n) is 4.13. The number of aromatic nitrogens is 2. The summed E-state index contributed by atoms with van der Waals surface area (Å²) in [5.74, 6) is 1.05. The van der Waals surface area contributed by atoms with E-state index in [4.69, 9.17) is 16.6 Å². The summed E-state index contributed by atoms with van der Waals surface area (Å²) in [4.78, 5) is 8.10. The lowest BCUT2D eigenvalue weighted by Crippen LogP contribution is -1.83. The molecule has 0 aliphatic carbocycles. The van der Waals surface area contributed by atoms with E-state index in [1.807, 2.05) is 48.5 Å². The number of nitrogens with one attached hydrogen (secondary N) is 1. The Balaban J connectivity index is 1.92. The average Bonchev–Trinajstić information content (AvgIpc) is 3.08. The third-order valence-corrected chi connectivity index (χ3v) is 4.46. The number of phenolic OH excluding ortho intramolecular Hbond substituents is 2. The van der Waals surface area contributed by atoms with E-state index in [1.165, 1.54) is 0 Å². The van der Waals surface area contributed by atoms with Crippen LogP contribution in [0.1, 0.15) is 0 Å². The number of aromatic hydroxyl groups is 2. The van der Waals surface area contributed by atoms with Gasteiger partial charge in [0.2, 0.25) is 0 Å². The van der Waals surface area contributed by atoms with Gasteiger partial charge in [0.1, 0.15) is 17.3 Å². The highest BCUT2D eigenvalue weighted by Crippen LogP contribution is 2.35. The molecule has 0 saturated heterocycles. The van der Waals surface area contributed by atoms with Crippen molar-refractivity contribution in [3.63, 3.8) is 0 Å². The summed E-state index contributed by atoms with van der Waals surface area (Å²) in [5.41, 5.74) is 4.10. The van der Waals surface area contributed by atoms with Crippen LogP contribution in [0.25, 0.3) is 33.9 Å². The molecule has 4 nitrogen and oxygen atoms in total. The van der Waals surface area contributed by atoms with Crippen molar-refractivity contribution in [3.05, 3.63) is 77.8 Å². The first kappa shape index (κ1) is 16.2. The van der Waals surface area contributed by atoms with Crippen LogP contribution in [0, 0.1) is 0 Å². The molecular formula is C21H15ClN2O2. The number of phenols is 2. The molecule has 0 aliphatic rings. The Labute approximate surface area is 155 Å². The van der Waals surface area contributed by atoms with Gasteiger partial charge in [0.15, 0.2) is 0 Å². The van der Waals surface area contributed by atoms with E-state index in [0.717, 1.165) is 28.1 Å². The quantitative estimate of drug-likeness (QED) is 0.452. The zero-order valence-electron chi connectivity index (χ0n) is 13.6. The SMILES string of the molecule is Oc1ccc(-c2nc(-c3ccccc3Cl)[nH]c2-c2ccc(O)cc2)cc1. The Morgan fingerprint density at radius 2 is 1.31 bits per heavy atom. The van der Waals surface area contributed by atoms with Gasteiger partial charge < -0.3 is 15.2 Å². The average molecular weight is 363 g/mol. The number of imidazole rings is 1. The van der Waals surface area contributed by atoms with Gasteiger partial charge in [-0.25, -0.2) is 4.98 Å². The number of rotatable bonds is 3. The van der Waals surface area contributed by atoms with E-state index >= 15 is 0 Å². The summed E-state index contributed by atoms with van der Waals surface area (Å²) in [6, 6.07) is 21.3. The van der Waals surface area contributed by atoms with Crippen molar-refractivity contribution in [2.45, 2.75) is 0 Å². The molecule has 0 atom stereocenters. The second-order valence-electron chi connectivity index (χ2n) is 5.88. The second kappa shape index (κ2) is 6.58. The molecule has 0 radical (unpaired) electrons. The van der Waals surface area contributed by atoms with Crippen molar-refractivity contribution in [1.82, 2.24) is 9.97 Å². The zero-order valence-corrected chi connectivity index (χ0v) is 14.4. The number of hydrogen-bond acceptors (Lipinski definition) is 3. The minimum Gasteiger partial charge on any atom is -0.508 e. The van der Waals surface area contributed by atoms with Gasteiger partial charge in [-0.05, 0) is 60.7 Å². The molecule has 0 unspecified atom stereocenters. The Kier molecular flexibility index (Phi) is 4.11. The van der Waals surface area contributed by atoms with Crippen LogP contribution in [0.4, 0.5) is 0 Å². The molecule has 26 heavy (non-hydrogen) atoms. The first-order chi connectivity index (χ1) is 12.6. The summed E-state index contributed by atoms with van der Waals surface area (Å²) < 4.78 is 0. The van der Waals surface area contributed by atoms with Gasteiger partial charge in [0.25, 0.3) is 0 Å². The molecule has 0 bridgehead atoms. The lowest BCUT2D eigenvalue weighted by Gasteiger charge is -2.04. The van der Waals surface area contributed by atoms with Crippen molar-refractivity contribution < 1.29 is 10.2 Å². The molecule has 4 aromatic rings. The normalized spacial score (nSPS) is 10.8. The van der Waals surface area contributed by atoms with Crippen molar-refractivity contribution in [3.8, 4) is 45.4 Å². The van der Waals surface area contributed by atoms with Crippen LogP contribution < -0.4 is 0 Å². The predicted octanol–water partition coefficient (Wildman–Crippen LogP) is 5.48. The highest BCUT2D eigenvalue weighted by Gasteiger charge is 2.16. The van der Waals surface area contributed by atoms with Gasteiger partial charge >= 0.3 is 0 Å². The molecule has 4 rings (SSSR count). The lowest BCUT2D eigenvalue weighted by atomic mass is 10.0. The summed E-state index contributed by atoms with van der Waals surface area (Å²) in [6.07, 6.45) is 0. The Bertz CT molecular complexity index is 991. The molecule has 0 aliphatic heterocycles. The summed E-state index contributed by atoms with van der Waals surface area (Å²) in [6.45, 7) is 0. The highest BCUT2D eigenvalue weighted by molar-refractivity contribution is 6.33. The molecule has 3 N–H and O–H groups in total. The van der Waals surface area contributed by atoms with Crippen molar-refractivity contribution in [2.75, 3.05) is 0 Å². The second-order valence-corrected chi connectivity index (χ2v) is 6.29. The maximum Gasteiger partial charge on any atom is 0.140 e. The number of aromatic amines is 1. The fraction of sp³-hybridized carbons (Fsp3) is 0.